The topological polar surface area (TPSA) is 6.48 Å². The average molecular weight is 789 g/mol. The van der Waals surface area contributed by atoms with E-state index in [9.17, 15) is 0 Å². The number of para-hydroxylation sites is 3. The lowest BCUT2D eigenvalue weighted by atomic mass is 9.91. The molecule has 9 aromatic carbocycles. The predicted octanol–water partition coefficient (Wildman–Crippen LogP) is 14.8. The van der Waals surface area contributed by atoms with Crippen LogP contribution in [0.4, 0.5) is 34.1 Å². The summed E-state index contributed by atoms with van der Waals surface area (Å²) in [5, 5.41) is 5.71. The van der Waals surface area contributed by atoms with Gasteiger partial charge in [-0.2, -0.15) is 0 Å². The first-order valence-corrected chi connectivity index (χ1v) is 24.0. The van der Waals surface area contributed by atoms with Crippen LogP contribution in [0.1, 0.15) is 16.7 Å². The molecular formula is C57H48N2Si. The van der Waals surface area contributed by atoms with Crippen LogP contribution in [0.3, 0.4) is 0 Å². The fourth-order valence-electron chi connectivity index (χ4n) is 9.81. The molecule has 0 aliphatic carbocycles. The number of rotatable bonds is 8. The summed E-state index contributed by atoms with van der Waals surface area (Å²) in [4.78, 5) is 4.85. The third-order valence-electron chi connectivity index (χ3n) is 12.5. The maximum absolute atomic E-state index is 2.54. The van der Waals surface area contributed by atoms with Gasteiger partial charge in [0.15, 0.2) is 0 Å². The van der Waals surface area contributed by atoms with Crippen molar-refractivity contribution >= 4 is 63.3 Å². The van der Waals surface area contributed by atoms with Crippen molar-refractivity contribution in [3.63, 3.8) is 0 Å². The van der Waals surface area contributed by atoms with E-state index in [2.05, 4.69) is 244 Å². The van der Waals surface area contributed by atoms with E-state index in [4.69, 9.17) is 0 Å². The summed E-state index contributed by atoms with van der Waals surface area (Å²) in [5.41, 5.74) is 18.5. The first kappa shape index (κ1) is 37.3. The number of fused-ring (bicyclic) bond motifs is 2. The van der Waals surface area contributed by atoms with E-state index in [1.54, 1.807) is 0 Å². The zero-order valence-electron chi connectivity index (χ0n) is 34.9. The highest BCUT2D eigenvalue weighted by Crippen LogP contribution is 2.45. The Balaban J connectivity index is 1.08. The molecule has 0 bridgehead atoms. The molecule has 3 heteroatoms. The standard InChI is InChI=1S/C57H48N2Si/c1-39-36-40(2)57(41(3)37-39)59(45-22-13-8-14-23-45)47-32-33-50-52-35-34-48(51-25-17-27-54(56(51)52)60(4,5)55(50)38-47)43-28-30-46(31-29-43)58(44-20-11-7-12-21-44)53-26-16-15-24-49(53)42-18-9-6-10-19-42/h6-38H,1-5H3. The Hall–Kier alpha value is -6.94. The smallest absolute Gasteiger partial charge is 0.113 e. The molecule has 0 saturated carbocycles. The lowest BCUT2D eigenvalue weighted by Crippen LogP contribution is -2.56. The van der Waals surface area contributed by atoms with E-state index >= 15 is 0 Å². The van der Waals surface area contributed by atoms with Gasteiger partial charge in [-0.15, -0.1) is 0 Å². The van der Waals surface area contributed by atoms with E-state index < -0.39 is 8.07 Å². The summed E-state index contributed by atoms with van der Waals surface area (Å²) < 4.78 is 0. The molecule has 0 aromatic heterocycles. The van der Waals surface area contributed by atoms with Crippen LogP contribution in [0.15, 0.2) is 200 Å². The maximum Gasteiger partial charge on any atom is 0.113 e. The predicted molar refractivity (Wildman–Crippen MR) is 261 cm³/mol. The first-order chi connectivity index (χ1) is 29.3. The number of hydrogen-bond donors (Lipinski definition) is 0. The minimum absolute atomic E-state index is 1.12. The van der Waals surface area contributed by atoms with Crippen molar-refractivity contribution in [3.05, 3.63) is 217 Å². The second-order valence-corrected chi connectivity index (χ2v) is 21.1. The number of benzene rings is 9. The zero-order chi connectivity index (χ0) is 41.0. The Morgan fingerprint density at radius 3 is 1.58 bits per heavy atom. The maximum atomic E-state index is 2.54. The minimum Gasteiger partial charge on any atom is -0.310 e. The largest absolute Gasteiger partial charge is 0.310 e. The summed E-state index contributed by atoms with van der Waals surface area (Å²) in [6.07, 6.45) is 0. The average Bonchev–Trinajstić information content (AvgIpc) is 3.28. The first-order valence-electron chi connectivity index (χ1n) is 21.0. The summed E-state index contributed by atoms with van der Waals surface area (Å²) >= 11 is 0. The van der Waals surface area contributed by atoms with Crippen LogP contribution in [0, 0.1) is 20.8 Å². The third-order valence-corrected chi connectivity index (χ3v) is 16.0. The summed E-state index contributed by atoms with van der Waals surface area (Å²) in [7, 11) is -2.17. The fourth-order valence-corrected chi connectivity index (χ4v) is 12.9. The van der Waals surface area contributed by atoms with E-state index in [-0.39, 0.29) is 0 Å². The molecule has 1 aliphatic rings. The quantitative estimate of drug-likeness (QED) is 0.142. The Morgan fingerprint density at radius 1 is 0.367 bits per heavy atom. The molecule has 60 heavy (non-hydrogen) atoms. The van der Waals surface area contributed by atoms with Crippen molar-refractivity contribution in [2.45, 2.75) is 33.9 Å². The van der Waals surface area contributed by atoms with Gasteiger partial charge in [0, 0.05) is 28.3 Å². The van der Waals surface area contributed by atoms with E-state index in [0.29, 0.717) is 0 Å². The molecule has 1 heterocycles. The molecule has 0 spiro atoms. The van der Waals surface area contributed by atoms with Crippen molar-refractivity contribution in [2.75, 3.05) is 9.80 Å². The highest BCUT2D eigenvalue weighted by molar-refractivity contribution is 7.03. The van der Waals surface area contributed by atoms with Crippen molar-refractivity contribution in [1.82, 2.24) is 0 Å². The Labute approximate surface area is 355 Å². The molecule has 0 N–H and O–H groups in total. The van der Waals surface area contributed by atoms with E-state index in [1.807, 2.05) is 0 Å². The number of nitrogens with zero attached hydrogens (tertiary/aromatic N) is 2. The molecule has 290 valence electrons. The normalized spacial score (nSPS) is 12.6. The molecule has 0 saturated heterocycles. The number of aryl methyl sites for hydroxylation is 3. The van der Waals surface area contributed by atoms with Gasteiger partial charge in [0.25, 0.3) is 0 Å². The number of anilines is 6. The summed E-state index contributed by atoms with van der Waals surface area (Å²) in [6.45, 7) is 11.8. The molecule has 0 amide bonds. The van der Waals surface area contributed by atoms with Crippen LogP contribution in [0.25, 0.3) is 44.2 Å². The molecule has 9 aromatic rings. The van der Waals surface area contributed by atoms with Crippen LogP contribution >= 0.6 is 0 Å². The highest BCUT2D eigenvalue weighted by Gasteiger charge is 2.36. The van der Waals surface area contributed by atoms with Gasteiger partial charge in [0.05, 0.1) is 11.4 Å². The Morgan fingerprint density at radius 2 is 0.900 bits per heavy atom. The fraction of sp³-hybridized carbons (Fsp3) is 0.0877. The lowest BCUT2D eigenvalue weighted by Gasteiger charge is -2.36. The van der Waals surface area contributed by atoms with Gasteiger partial charge in [-0.3, -0.25) is 0 Å². The van der Waals surface area contributed by atoms with E-state index in [0.717, 1.165) is 17.1 Å². The van der Waals surface area contributed by atoms with Crippen molar-refractivity contribution in [2.24, 2.45) is 0 Å². The van der Waals surface area contributed by atoms with Gasteiger partial charge >= 0.3 is 0 Å². The molecular weight excluding hydrogens is 741 g/mol. The van der Waals surface area contributed by atoms with Crippen molar-refractivity contribution in [3.8, 4) is 33.4 Å². The van der Waals surface area contributed by atoms with Crippen molar-refractivity contribution < 1.29 is 0 Å². The van der Waals surface area contributed by atoms with Gasteiger partial charge < -0.3 is 9.80 Å². The summed E-state index contributed by atoms with van der Waals surface area (Å²) in [5.74, 6) is 0. The highest BCUT2D eigenvalue weighted by atomic mass is 28.3. The molecule has 2 nitrogen and oxygen atoms in total. The van der Waals surface area contributed by atoms with Crippen LogP contribution in [-0.2, 0) is 0 Å². The molecule has 0 unspecified atom stereocenters. The van der Waals surface area contributed by atoms with Gasteiger partial charge in [-0.05, 0) is 135 Å². The van der Waals surface area contributed by atoms with E-state index in [1.165, 1.54) is 88.3 Å². The lowest BCUT2D eigenvalue weighted by molar-refractivity contribution is 1.20. The second-order valence-electron chi connectivity index (χ2n) is 16.8. The minimum atomic E-state index is -2.17. The second kappa shape index (κ2) is 15.0. The third kappa shape index (κ3) is 6.34. The van der Waals surface area contributed by atoms with Gasteiger partial charge in [-0.1, -0.05) is 164 Å². The van der Waals surface area contributed by atoms with Crippen molar-refractivity contribution in [1.29, 1.82) is 0 Å². The molecule has 0 radical (unpaired) electrons. The van der Waals surface area contributed by atoms with Crippen LogP contribution < -0.4 is 20.2 Å². The van der Waals surface area contributed by atoms with Gasteiger partial charge in [0.2, 0.25) is 0 Å². The van der Waals surface area contributed by atoms with Crippen LogP contribution in [0.2, 0.25) is 13.1 Å². The monoisotopic (exact) mass is 788 g/mol. The van der Waals surface area contributed by atoms with Crippen LogP contribution in [0.5, 0.6) is 0 Å². The van der Waals surface area contributed by atoms with Gasteiger partial charge in [0.1, 0.15) is 8.07 Å². The Bertz CT molecular complexity index is 3000. The molecule has 10 rings (SSSR count). The molecule has 1 aliphatic heterocycles. The van der Waals surface area contributed by atoms with Crippen LogP contribution in [-0.4, -0.2) is 8.07 Å². The van der Waals surface area contributed by atoms with Gasteiger partial charge in [-0.25, -0.2) is 0 Å². The molecule has 0 atom stereocenters. The zero-order valence-corrected chi connectivity index (χ0v) is 35.9. The summed E-state index contributed by atoms with van der Waals surface area (Å²) in [6, 6.07) is 73.8. The number of hydrogen-bond acceptors (Lipinski definition) is 2. The Kier molecular flexibility index (Phi) is 9.35. The molecule has 0 fully saturated rings. The SMILES string of the molecule is Cc1cc(C)c(N(c2ccccc2)c2ccc3c(c2)[Si](C)(C)c2cccc4c(-c5ccc(N(c6ccccc6)c6ccccc6-c6ccccc6)cc5)ccc-3c24)c(C)c1.